The Kier molecular flexibility index (Phi) is 1.59. The Morgan fingerprint density at radius 1 is 1.58 bits per heavy atom. The molecule has 0 aliphatic rings. The number of aromatic nitrogens is 4. The average molecular weight is 160 g/mol. The standard InChI is InChI=1S/C8H8N4/c1-2-3-7-8-4-5-9-6-12(8)11-10-7/h2,4-6H,1,3H2. The van der Waals surface area contributed by atoms with Crippen molar-refractivity contribution in [2.45, 2.75) is 6.42 Å². The molecule has 0 N–H and O–H groups in total. The van der Waals surface area contributed by atoms with Crippen molar-refractivity contribution in [2.75, 3.05) is 0 Å². The monoisotopic (exact) mass is 160 g/mol. The topological polar surface area (TPSA) is 43.1 Å². The summed E-state index contributed by atoms with van der Waals surface area (Å²) in [7, 11) is 0. The summed E-state index contributed by atoms with van der Waals surface area (Å²) in [4.78, 5) is 3.92. The van der Waals surface area contributed by atoms with Gasteiger partial charge in [0.2, 0.25) is 0 Å². The predicted molar refractivity (Wildman–Crippen MR) is 44.7 cm³/mol. The highest BCUT2D eigenvalue weighted by molar-refractivity contribution is 5.49. The van der Waals surface area contributed by atoms with Gasteiger partial charge in [-0.3, -0.25) is 0 Å². The van der Waals surface area contributed by atoms with E-state index in [0.29, 0.717) is 0 Å². The zero-order chi connectivity index (χ0) is 8.39. The number of hydrogen-bond acceptors (Lipinski definition) is 3. The van der Waals surface area contributed by atoms with Crippen LogP contribution in [0.1, 0.15) is 5.69 Å². The Bertz CT molecular complexity index is 404. The van der Waals surface area contributed by atoms with Crippen LogP contribution in [0.15, 0.2) is 31.2 Å². The van der Waals surface area contributed by atoms with Crippen LogP contribution < -0.4 is 0 Å². The summed E-state index contributed by atoms with van der Waals surface area (Å²) in [6.45, 7) is 3.65. The van der Waals surface area contributed by atoms with Crippen molar-refractivity contribution in [1.82, 2.24) is 19.8 Å². The number of allylic oxidation sites excluding steroid dienone is 1. The van der Waals surface area contributed by atoms with Gasteiger partial charge in [-0.1, -0.05) is 11.3 Å². The van der Waals surface area contributed by atoms with Gasteiger partial charge in [0.1, 0.15) is 6.33 Å². The second kappa shape index (κ2) is 2.73. The van der Waals surface area contributed by atoms with Crippen molar-refractivity contribution < 1.29 is 0 Å². The van der Waals surface area contributed by atoms with Crippen LogP contribution >= 0.6 is 0 Å². The smallest absolute Gasteiger partial charge is 0.119 e. The van der Waals surface area contributed by atoms with Crippen LogP contribution in [0, 0.1) is 0 Å². The van der Waals surface area contributed by atoms with E-state index < -0.39 is 0 Å². The zero-order valence-corrected chi connectivity index (χ0v) is 6.51. The van der Waals surface area contributed by atoms with Crippen LogP contribution in [-0.2, 0) is 6.42 Å². The quantitative estimate of drug-likeness (QED) is 0.612. The van der Waals surface area contributed by atoms with Gasteiger partial charge in [0.05, 0.1) is 11.2 Å². The Morgan fingerprint density at radius 3 is 3.33 bits per heavy atom. The van der Waals surface area contributed by atoms with E-state index in [1.165, 1.54) is 0 Å². The Morgan fingerprint density at radius 2 is 2.50 bits per heavy atom. The first-order valence-corrected chi connectivity index (χ1v) is 3.66. The van der Waals surface area contributed by atoms with E-state index in [9.17, 15) is 0 Å². The van der Waals surface area contributed by atoms with Gasteiger partial charge in [0.25, 0.3) is 0 Å². The highest BCUT2D eigenvalue weighted by atomic mass is 15.4. The summed E-state index contributed by atoms with van der Waals surface area (Å²) >= 11 is 0. The van der Waals surface area contributed by atoms with Gasteiger partial charge < -0.3 is 0 Å². The minimum Gasteiger partial charge on any atom is -0.245 e. The van der Waals surface area contributed by atoms with Crippen LogP contribution in [0.2, 0.25) is 0 Å². The van der Waals surface area contributed by atoms with Crippen molar-refractivity contribution in [1.29, 1.82) is 0 Å². The van der Waals surface area contributed by atoms with Crippen molar-refractivity contribution in [3.8, 4) is 0 Å². The van der Waals surface area contributed by atoms with Gasteiger partial charge >= 0.3 is 0 Å². The minimum atomic E-state index is 0.744. The minimum absolute atomic E-state index is 0.744. The molecule has 0 radical (unpaired) electrons. The first-order valence-electron chi connectivity index (χ1n) is 3.66. The number of hydrogen-bond donors (Lipinski definition) is 0. The molecule has 0 bridgehead atoms. The number of nitrogens with zero attached hydrogens (tertiary/aromatic N) is 4. The van der Waals surface area contributed by atoms with Crippen molar-refractivity contribution >= 4 is 5.52 Å². The van der Waals surface area contributed by atoms with E-state index in [2.05, 4.69) is 21.9 Å². The average Bonchev–Trinajstić information content (AvgIpc) is 2.50. The normalized spacial score (nSPS) is 10.3. The predicted octanol–water partition coefficient (Wildman–Crippen LogP) is 0.853. The molecule has 12 heavy (non-hydrogen) atoms. The third-order valence-corrected chi connectivity index (χ3v) is 1.64. The van der Waals surface area contributed by atoms with Gasteiger partial charge in [-0.15, -0.1) is 11.7 Å². The third kappa shape index (κ3) is 0.972. The fraction of sp³-hybridized carbons (Fsp3) is 0.125. The SMILES string of the molecule is C=CCc1nnn2cnccc12. The van der Waals surface area contributed by atoms with Crippen molar-refractivity contribution in [3.63, 3.8) is 0 Å². The zero-order valence-electron chi connectivity index (χ0n) is 6.51. The molecule has 0 aliphatic carbocycles. The Labute approximate surface area is 69.6 Å². The van der Waals surface area contributed by atoms with Gasteiger partial charge in [0, 0.05) is 12.6 Å². The molecule has 0 spiro atoms. The molecular weight excluding hydrogens is 152 g/mol. The Hall–Kier alpha value is -1.71. The molecule has 0 saturated heterocycles. The lowest BCUT2D eigenvalue weighted by atomic mass is 10.3. The maximum Gasteiger partial charge on any atom is 0.119 e. The molecule has 0 aromatic carbocycles. The van der Waals surface area contributed by atoms with Crippen molar-refractivity contribution in [2.24, 2.45) is 0 Å². The summed E-state index contributed by atoms with van der Waals surface area (Å²) < 4.78 is 1.65. The Balaban J connectivity index is 2.62. The maximum atomic E-state index is 3.99. The van der Waals surface area contributed by atoms with Crippen LogP contribution in [0.3, 0.4) is 0 Å². The lowest BCUT2D eigenvalue weighted by molar-refractivity contribution is 0.827. The summed E-state index contributed by atoms with van der Waals surface area (Å²) in [5, 5.41) is 7.88. The first-order chi connectivity index (χ1) is 5.92. The summed E-state index contributed by atoms with van der Waals surface area (Å²) in [6.07, 6.45) is 5.91. The fourth-order valence-electron chi connectivity index (χ4n) is 1.09. The largest absolute Gasteiger partial charge is 0.245 e. The van der Waals surface area contributed by atoms with E-state index in [1.807, 2.05) is 12.1 Å². The van der Waals surface area contributed by atoms with Crippen LogP contribution in [-0.4, -0.2) is 19.8 Å². The molecule has 2 aromatic heterocycles. The molecule has 2 rings (SSSR count). The van der Waals surface area contributed by atoms with Crippen LogP contribution in [0.5, 0.6) is 0 Å². The van der Waals surface area contributed by atoms with Crippen molar-refractivity contribution in [3.05, 3.63) is 36.9 Å². The molecule has 2 aromatic rings. The fourth-order valence-corrected chi connectivity index (χ4v) is 1.09. The van der Waals surface area contributed by atoms with Gasteiger partial charge in [-0.2, -0.15) is 0 Å². The van der Waals surface area contributed by atoms with Gasteiger partial charge in [0.15, 0.2) is 0 Å². The highest BCUT2D eigenvalue weighted by Gasteiger charge is 2.01. The molecular formula is C8H8N4. The van der Waals surface area contributed by atoms with Crippen LogP contribution in [0.4, 0.5) is 0 Å². The molecule has 4 heteroatoms. The second-order valence-corrected chi connectivity index (χ2v) is 2.44. The third-order valence-electron chi connectivity index (χ3n) is 1.64. The van der Waals surface area contributed by atoms with E-state index in [-0.39, 0.29) is 0 Å². The first kappa shape index (κ1) is 6.97. The van der Waals surface area contributed by atoms with E-state index in [4.69, 9.17) is 0 Å². The van der Waals surface area contributed by atoms with Gasteiger partial charge in [-0.05, 0) is 6.07 Å². The molecule has 0 amide bonds. The molecule has 0 atom stereocenters. The molecule has 0 fully saturated rings. The van der Waals surface area contributed by atoms with E-state index in [0.717, 1.165) is 17.6 Å². The molecule has 0 saturated carbocycles. The number of rotatable bonds is 2. The number of fused-ring (bicyclic) bond motifs is 1. The van der Waals surface area contributed by atoms with E-state index in [1.54, 1.807) is 17.0 Å². The molecule has 60 valence electrons. The lowest BCUT2D eigenvalue weighted by Crippen LogP contribution is -1.87. The summed E-state index contributed by atoms with van der Waals surface area (Å²) in [5.41, 5.74) is 1.93. The van der Waals surface area contributed by atoms with E-state index >= 15 is 0 Å². The summed E-state index contributed by atoms with van der Waals surface area (Å²) in [6, 6.07) is 1.89. The highest BCUT2D eigenvalue weighted by Crippen LogP contribution is 2.05. The molecule has 2 heterocycles. The summed E-state index contributed by atoms with van der Waals surface area (Å²) in [5.74, 6) is 0. The molecule has 4 nitrogen and oxygen atoms in total. The van der Waals surface area contributed by atoms with Gasteiger partial charge in [-0.25, -0.2) is 9.50 Å². The second-order valence-electron chi connectivity index (χ2n) is 2.44. The lowest BCUT2D eigenvalue weighted by Gasteiger charge is -1.89. The maximum absolute atomic E-state index is 3.99. The van der Waals surface area contributed by atoms with Crippen LogP contribution in [0.25, 0.3) is 5.52 Å². The molecule has 0 unspecified atom stereocenters. The molecule has 0 aliphatic heterocycles.